The Morgan fingerprint density at radius 3 is 2.94 bits per heavy atom. The first-order valence-electron chi connectivity index (χ1n) is 11.7. The van der Waals surface area contributed by atoms with E-state index in [1.54, 1.807) is 6.07 Å². The minimum absolute atomic E-state index is 0.0462. The van der Waals surface area contributed by atoms with Crippen LogP contribution in [0, 0.1) is 12.7 Å². The summed E-state index contributed by atoms with van der Waals surface area (Å²) in [6.45, 7) is 3.26. The molecule has 1 N–H and O–H groups in total. The summed E-state index contributed by atoms with van der Waals surface area (Å²) in [4.78, 5) is 4.61. The molecule has 1 aliphatic carbocycles. The molecule has 1 saturated carbocycles. The van der Waals surface area contributed by atoms with Gasteiger partial charge in [-0.05, 0) is 80.1 Å². The maximum Gasteiger partial charge on any atom is 0.171 e. The Morgan fingerprint density at radius 1 is 1.12 bits per heavy atom. The van der Waals surface area contributed by atoms with Crippen LogP contribution in [0.5, 0.6) is 11.5 Å². The summed E-state index contributed by atoms with van der Waals surface area (Å²) in [6.07, 6.45) is 5.38. The molecule has 33 heavy (non-hydrogen) atoms. The third kappa shape index (κ3) is 3.72. The quantitative estimate of drug-likeness (QED) is 0.467. The predicted molar refractivity (Wildman–Crippen MR) is 128 cm³/mol. The van der Waals surface area contributed by atoms with Gasteiger partial charge in [-0.25, -0.2) is 4.39 Å². The summed E-state index contributed by atoms with van der Waals surface area (Å²) < 4.78 is 28.4. The van der Waals surface area contributed by atoms with E-state index in [1.165, 1.54) is 11.6 Å². The Hall–Kier alpha value is -3.12. The summed E-state index contributed by atoms with van der Waals surface area (Å²) in [5.74, 6) is 1.85. The molecule has 3 unspecified atom stereocenters. The summed E-state index contributed by atoms with van der Waals surface area (Å²) in [7, 11) is 2.03. The lowest BCUT2D eigenvalue weighted by Crippen LogP contribution is -2.41. The zero-order chi connectivity index (χ0) is 22.5. The highest BCUT2D eigenvalue weighted by Gasteiger charge is 2.30. The van der Waals surface area contributed by atoms with Crippen LogP contribution in [0.25, 0.3) is 21.8 Å². The maximum absolute atomic E-state index is 13.9. The van der Waals surface area contributed by atoms with E-state index in [-0.39, 0.29) is 11.9 Å². The minimum atomic E-state index is -0.171. The molecule has 2 aromatic heterocycles. The minimum Gasteiger partial charge on any atom is -0.486 e. The largest absolute Gasteiger partial charge is 0.486 e. The van der Waals surface area contributed by atoms with Crippen molar-refractivity contribution in [1.29, 1.82) is 0 Å². The lowest BCUT2D eigenvalue weighted by Gasteiger charge is -2.28. The van der Waals surface area contributed by atoms with Crippen LogP contribution in [-0.4, -0.2) is 34.8 Å². The number of benzene rings is 2. The second-order valence-electron chi connectivity index (χ2n) is 9.43. The summed E-state index contributed by atoms with van der Waals surface area (Å²) in [6, 6.07) is 13.5. The molecular weight excluding hydrogens is 417 g/mol. The van der Waals surface area contributed by atoms with Gasteiger partial charge in [-0.1, -0.05) is 0 Å². The lowest BCUT2D eigenvalue weighted by molar-refractivity contribution is 0.0902. The highest BCUT2D eigenvalue weighted by Crippen LogP contribution is 2.40. The molecule has 1 aliphatic heterocycles. The number of ether oxygens (including phenoxy) is 2. The monoisotopic (exact) mass is 445 g/mol. The van der Waals surface area contributed by atoms with Crippen LogP contribution in [-0.2, 0) is 7.05 Å². The number of hydrogen-bond acceptors (Lipinski definition) is 4. The summed E-state index contributed by atoms with van der Waals surface area (Å²) in [5, 5.41) is 5.74. The van der Waals surface area contributed by atoms with Gasteiger partial charge < -0.3 is 19.4 Å². The van der Waals surface area contributed by atoms with Gasteiger partial charge in [0.25, 0.3) is 0 Å². The van der Waals surface area contributed by atoms with Gasteiger partial charge in [0.1, 0.15) is 18.5 Å². The van der Waals surface area contributed by atoms with Gasteiger partial charge in [-0.15, -0.1) is 0 Å². The Morgan fingerprint density at radius 2 is 2.03 bits per heavy atom. The number of nitrogens with one attached hydrogen (secondary N) is 1. The number of nitrogens with zero attached hydrogens (tertiary/aromatic N) is 2. The zero-order valence-electron chi connectivity index (χ0n) is 19.0. The SMILES string of the molecule is Cc1ccc2c3c(ccc2n1)OCC(CNC1CCC(c2cn(C)c4ccc(F)cc24)C1)O3. The first kappa shape index (κ1) is 20.5. The molecule has 0 saturated heterocycles. The van der Waals surface area contributed by atoms with Crippen LogP contribution in [0.4, 0.5) is 4.39 Å². The van der Waals surface area contributed by atoms with E-state index < -0.39 is 0 Å². The van der Waals surface area contributed by atoms with Gasteiger partial charge in [0.05, 0.1) is 5.52 Å². The van der Waals surface area contributed by atoms with E-state index in [0.717, 1.165) is 64.8 Å². The Kier molecular flexibility index (Phi) is 4.98. The smallest absolute Gasteiger partial charge is 0.171 e. The summed E-state index contributed by atoms with van der Waals surface area (Å²) >= 11 is 0. The lowest BCUT2D eigenvalue weighted by atomic mass is 9.97. The normalized spacial score (nSPS) is 22.3. The van der Waals surface area contributed by atoms with Crippen molar-refractivity contribution >= 4 is 21.8 Å². The second kappa shape index (κ2) is 8.03. The van der Waals surface area contributed by atoms with Crippen molar-refractivity contribution in [3.63, 3.8) is 0 Å². The van der Waals surface area contributed by atoms with E-state index in [0.29, 0.717) is 18.6 Å². The summed E-state index contributed by atoms with van der Waals surface area (Å²) in [5.41, 5.74) is 4.26. The number of hydrogen-bond donors (Lipinski definition) is 1. The highest BCUT2D eigenvalue weighted by atomic mass is 19.1. The molecule has 3 atom stereocenters. The van der Waals surface area contributed by atoms with Crippen LogP contribution >= 0.6 is 0 Å². The molecule has 0 bridgehead atoms. The van der Waals surface area contributed by atoms with Crippen LogP contribution in [0.2, 0.25) is 0 Å². The topological polar surface area (TPSA) is 48.3 Å². The van der Waals surface area contributed by atoms with Crippen molar-refractivity contribution in [2.45, 2.75) is 44.2 Å². The van der Waals surface area contributed by atoms with E-state index in [2.05, 4.69) is 27.1 Å². The van der Waals surface area contributed by atoms with Gasteiger partial charge in [0.15, 0.2) is 11.5 Å². The van der Waals surface area contributed by atoms with Crippen LogP contribution in [0.15, 0.2) is 48.7 Å². The van der Waals surface area contributed by atoms with Crippen LogP contribution < -0.4 is 14.8 Å². The van der Waals surface area contributed by atoms with Crippen molar-refractivity contribution < 1.29 is 13.9 Å². The Bertz CT molecular complexity index is 1350. The van der Waals surface area contributed by atoms with E-state index in [9.17, 15) is 4.39 Å². The molecule has 0 radical (unpaired) electrons. The van der Waals surface area contributed by atoms with Crippen LogP contribution in [0.3, 0.4) is 0 Å². The average molecular weight is 446 g/mol. The molecule has 6 heteroatoms. The van der Waals surface area contributed by atoms with Gasteiger partial charge in [-0.2, -0.15) is 0 Å². The van der Waals surface area contributed by atoms with Crippen molar-refractivity contribution in [3.05, 3.63) is 65.7 Å². The van der Waals surface area contributed by atoms with Crippen molar-refractivity contribution in [2.75, 3.05) is 13.2 Å². The molecule has 4 aromatic rings. The fourth-order valence-corrected chi connectivity index (χ4v) is 5.45. The van der Waals surface area contributed by atoms with Crippen molar-refractivity contribution in [2.24, 2.45) is 7.05 Å². The molecule has 2 aliphatic rings. The van der Waals surface area contributed by atoms with E-state index >= 15 is 0 Å². The number of pyridine rings is 1. The molecule has 170 valence electrons. The number of fused-ring (bicyclic) bond motifs is 4. The first-order valence-corrected chi connectivity index (χ1v) is 11.7. The highest BCUT2D eigenvalue weighted by molar-refractivity contribution is 5.88. The van der Waals surface area contributed by atoms with Gasteiger partial charge >= 0.3 is 0 Å². The van der Waals surface area contributed by atoms with Gasteiger partial charge in [-0.3, -0.25) is 4.98 Å². The molecule has 0 spiro atoms. The molecule has 6 rings (SSSR count). The van der Waals surface area contributed by atoms with Gasteiger partial charge in [0.2, 0.25) is 0 Å². The third-order valence-electron chi connectivity index (χ3n) is 7.12. The standard InChI is InChI=1S/C27H28FN3O2/c1-16-3-7-21-24(30-16)8-10-26-27(21)33-20(15-32-26)13-29-19-6-4-17(11-19)23-14-31(2)25-9-5-18(28)12-22(23)25/h3,5,7-10,12,14,17,19-20,29H,4,6,11,13,15H2,1-2H3. The third-order valence-corrected chi connectivity index (χ3v) is 7.12. The van der Waals surface area contributed by atoms with Crippen LogP contribution in [0.1, 0.15) is 36.4 Å². The number of rotatable bonds is 4. The molecule has 3 heterocycles. The zero-order valence-corrected chi connectivity index (χ0v) is 19.0. The fourth-order valence-electron chi connectivity index (χ4n) is 5.45. The molecular formula is C27H28FN3O2. The Balaban J connectivity index is 1.13. The fraction of sp³-hybridized carbons (Fsp3) is 0.370. The second-order valence-corrected chi connectivity index (χ2v) is 9.43. The number of aryl methyl sites for hydroxylation is 2. The molecule has 0 amide bonds. The van der Waals surface area contributed by atoms with Gasteiger partial charge in [0, 0.05) is 47.8 Å². The molecule has 2 aromatic carbocycles. The average Bonchev–Trinajstić information content (AvgIpc) is 3.41. The number of halogens is 1. The first-order chi connectivity index (χ1) is 16.0. The maximum atomic E-state index is 13.9. The van der Waals surface area contributed by atoms with E-state index in [1.807, 2.05) is 38.2 Å². The van der Waals surface area contributed by atoms with Crippen molar-refractivity contribution in [1.82, 2.24) is 14.9 Å². The Labute approximate surface area is 192 Å². The van der Waals surface area contributed by atoms with E-state index in [4.69, 9.17) is 9.47 Å². The van der Waals surface area contributed by atoms with Crippen molar-refractivity contribution in [3.8, 4) is 11.5 Å². The predicted octanol–water partition coefficient (Wildman–Crippen LogP) is 5.24. The molecule has 5 nitrogen and oxygen atoms in total. The molecule has 1 fully saturated rings. The number of aromatic nitrogens is 2.